The maximum absolute atomic E-state index is 3.56. The molecule has 2 unspecified atom stereocenters. The van der Waals surface area contributed by atoms with Crippen LogP contribution in [-0.2, 0) is 0 Å². The highest BCUT2D eigenvalue weighted by Crippen LogP contribution is 2.30. The van der Waals surface area contributed by atoms with Crippen LogP contribution in [-0.4, -0.2) is 25.2 Å². The zero-order chi connectivity index (χ0) is 12.7. The fraction of sp³-hybridized carbons (Fsp3) is 1.00. The van der Waals surface area contributed by atoms with Gasteiger partial charge in [-0.2, -0.15) is 0 Å². The Kier molecular flexibility index (Phi) is 6.50. The van der Waals surface area contributed by atoms with E-state index < -0.39 is 0 Å². The lowest BCUT2D eigenvalue weighted by Crippen LogP contribution is -2.40. The molecule has 1 aliphatic rings. The highest BCUT2D eigenvalue weighted by molar-refractivity contribution is 4.72. The smallest absolute Gasteiger partial charge is 0.00970 e. The third kappa shape index (κ3) is 7.77. The summed E-state index contributed by atoms with van der Waals surface area (Å²) in [6.45, 7) is 12.4. The number of hydrogen-bond donors (Lipinski definition) is 2. The molecule has 2 nitrogen and oxygen atoms in total. The van der Waals surface area contributed by atoms with Gasteiger partial charge < -0.3 is 10.6 Å². The van der Waals surface area contributed by atoms with Gasteiger partial charge in [-0.15, -0.1) is 0 Å². The van der Waals surface area contributed by atoms with Gasteiger partial charge in [-0.1, -0.05) is 26.2 Å². The molecule has 0 radical (unpaired) electrons. The van der Waals surface area contributed by atoms with Crippen LogP contribution in [0, 0.1) is 11.8 Å². The van der Waals surface area contributed by atoms with Gasteiger partial charge in [-0.25, -0.2) is 0 Å². The van der Waals surface area contributed by atoms with Crippen molar-refractivity contribution in [2.75, 3.05) is 19.6 Å². The van der Waals surface area contributed by atoms with E-state index in [1.54, 1.807) is 0 Å². The molecule has 0 aromatic heterocycles. The summed E-state index contributed by atoms with van der Waals surface area (Å²) in [6.07, 6.45) is 7.21. The van der Waals surface area contributed by atoms with Crippen LogP contribution in [0.3, 0.4) is 0 Å². The summed E-state index contributed by atoms with van der Waals surface area (Å²) >= 11 is 0. The zero-order valence-corrected chi connectivity index (χ0v) is 12.3. The lowest BCUT2D eigenvalue weighted by molar-refractivity contribution is 0.267. The van der Waals surface area contributed by atoms with Crippen molar-refractivity contribution >= 4 is 0 Å². The van der Waals surface area contributed by atoms with E-state index in [2.05, 4.69) is 38.3 Å². The molecule has 1 rings (SSSR count). The summed E-state index contributed by atoms with van der Waals surface area (Å²) in [5.41, 5.74) is 0.250. The van der Waals surface area contributed by atoms with Crippen LogP contribution in [0.25, 0.3) is 0 Å². The maximum Gasteiger partial charge on any atom is 0.00970 e. The Morgan fingerprint density at radius 3 is 2.47 bits per heavy atom. The van der Waals surface area contributed by atoms with Gasteiger partial charge in [-0.3, -0.25) is 0 Å². The van der Waals surface area contributed by atoms with Crippen molar-refractivity contribution in [3.63, 3.8) is 0 Å². The molecule has 2 N–H and O–H groups in total. The molecule has 2 heteroatoms. The summed E-state index contributed by atoms with van der Waals surface area (Å²) < 4.78 is 0. The van der Waals surface area contributed by atoms with E-state index in [1.165, 1.54) is 38.6 Å². The lowest BCUT2D eigenvalue weighted by Gasteiger charge is -2.26. The molecular weight excluding hydrogens is 208 g/mol. The van der Waals surface area contributed by atoms with E-state index in [-0.39, 0.29) is 5.54 Å². The number of hydrogen-bond acceptors (Lipinski definition) is 2. The molecule has 17 heavy (non-hydrogen) atoms. The molecule has 0 aromatic rings. The Morgan fingerprint density at radius 1 is 1.06 bits per heavy atom. The molecule has 0 aliphatic heterocycles. The van der Waals surface area contributed by atoms with E-state index in [4.69, 9.17) is 0 Å². The summed E-state index contributed by atoms with van der Waals surface area (Å²) in [6, 6.07) is 0. The summed E-state index contributed by atoms with van der Waals surface area (Å²) in [5.74, 6) is 1.96. The molecule has 0 heterocycles. The second kappa shape index (κ2) is 7.38. The fourth-order valence-corrected chi connectivity index (χ4v) is 2.78. The quantitative estimate of drug-likeness (QED) is 0.697. The van der Waals surface area contributed by atoms with E-state index in [0.29, 0.717) is 0 Å². The van der Waals surface area contributed by atoms with Crippen molar-refractivity contribution in [3.8, 4) is 0 Å². The average molecular weight is 240 g/mol. The standard InChI is InChI=1S/C15H32N2/c1-13-6-5-7-14(12-13)8-9-16-10-11-17-15(2,3)4/h13-14,16-17H,5-12H2,1-4H3. The van der Waals surface area contributed by atoms with Crippen LogP contribution in [0.15, 0.2) is 0 Å². The first-order valence-electron chi connectivity index (χ1n) is 7.43. The molecule has 0 spiro atoms. The van der Waals surface area contributed by atoms with Gasteiger partial charge in [0.05, 0.1) is 0 Å². The first kappa shape index (κ1) is 15.0. The zero-order valence-electron chi connectivity index (χ0n) is 12.3. The normalized spacial score (nSPS) is 26.1. The summed E-state index contributed by atoms with van der Waals surface area (Å²) in [5, 5.41) is 7.06. The second-order valence-corrected chi connectivity index (χ2v) is 6.85. The van der Waals surface area contributed by atoms with Crippen LogP contribution in [0.1, 0.15) is 59.8 Å². The summed E-state index contributed by atoms with van der Waals surface area (Å²) in [7, 11) is 0. The van der Waals surface area contributed by atoms with E-state index in [1.807, 2.05) is 0 Å². The van der Waals surface area contributed by atoms with Crippen molar-refractivity contribution in [2.24, 2.45) is 11.8 Å². The third-order valence-corrected chi connectivity index (χ3v) is 3.73. The van der Waals surface area contributed by atoms with Crippen molar-refractivity contribution in [1.82, 2.24) is 10.6 Å². The Bertz CT molecular complexity index is 196. The van der Waals surface area contributed by atoms with Gasteiger partial charge >= 0.3 is 0 Å². The molecule has 102 valence electrons. The molecule has 2 atom stereocenters. The highest BCUT2D eigenvalue weighted by atomic mass is 15.0. The largest absolute Gasteiger partial charge is 0.315 e. The maximum atomic E-state index is 3.56. The summed E-state index contributed by atoms with van der Waals surface area (Å²) in [4.78, 5) is 0. The van der Waals surface area contributed by atoms with Crippen LogP contribution in [0.4, 0.5) is 0 Å². The van der Waals surface area contributed by atoms with Gasteiger partial charge in [0.15, 0.2) is 0 Å². The van der Waals surface area contributed by atoms with Crippen LogP contribution >= 0.6 is 0 Å². The molecule has 0 bridgehead atoms. The fourth-order valence-electron chi connectivity index (χ4n) is 2.78. The van der Waals surface area contributed by atoms with Gasteiger partial charge in [0, 0.05) is 18.6 Å². The second-order valence-electron chi connectivity index (χ2n) is 6.85. The Morgan fingerprint density at radius 2 is 1.82 bits per heavy atom. The van der Waals surface area contributed by atoms with E-state index >= 15 is 0 Å². The Balaban J connectivity index is 1.93. The molecule has 0 aromatic carbocycles. The molecule has 1 saturated carbocycles. The Labute approximate surface area is 108 Å². The predicted molar refractivity (Wildman–Crippen MR) is 76.4 cm³/mol. The van der Waals surface area contributed by atoms with Crippen LogP contribution in [0.2, 0.25) is 0 Å². The topological polar surface area (TPSA) is 24.1 Å². The van der Waals surface area contributed by atoms with Gasteiger partial charge in [-0.05, 0) is 52.0 Å². The van der Waals surface area contributed by atoms with Crippen molar-refractivity contribution in [3.05, 3.63) is 0 Å². The lowest BCUT2D eigenvalue weighted by atomic mass is 9.81. The average Bonchev–Trinajstić information content (AvgIpc) is 2.22. The number of rotatable bonds is 6. The molecule has 1 fully saturated rings. The van der Waals surface area contributed by atoms with Gasteiger partial charge in [0.25, 0.3) is 0 Å². The van der Waals surface area contributed by atoms with Gasteiger partial charge in [0.1, 0.15) is 0 Å². The molecule has 0 amide bonds. The van der Waals surface area contributed by atoms with Crippen molar-refractivity contribution < 1.29 is 0 Å². The Hall–Kier alpha value is -0.0800. The van der Waals surface area contributed by atoms with E-state index in [0.717, 1.165) is 24.9 Å². The van der Waals surface area contributed by atoms with Gasteiger partial charge in [0.2, 0.25) is 0 Å². The molecule has 0 saturated heterocycles. The minimum Gasteiger partial charge on any atom is -0.315 e. The molecular formula is C15H32N2. The monoisotopic (exact) mass is 240 g/mol. The predicted octanol–water partition coefficient (Wildman–Crippen LogP) is 3.18. The van der Waals surface area contributed by atoms with Crippen LogP contribution < -0.4 is 10.6 Å². The van der Waals surface area contributed by atoms with Crippen LogP contribution in [0.5, 0.6) is 0 Å². The van der Waals surface area contributed by atoms with Crippen molar-refractivity contribution in [1.29, 1.82) is 0 Å². The van der Waals surface area contributed by atoms with E-state index in [9.17, 15) is 0 Å². The minimum absolute atomic E-state index is 0.250. The van der Waals surface area contributed by atoms with Crippen molar-refractivity contribution in [2.45, 2.75) is 65.3 Å². The number of nitrogens with one attached hydrogen (secondary N) is 2. The first-order chi connectivity index (χ1) is 7.97. The molecule has 1 aliphatic carbocycles. The first-order valence-corrected chi connectivity index (χ1v) is 7.43. The highest BCUT2D eigenvalue weighted by Gasteiger charge is 2.18. The third-order valence-electron chi connectivity index (χ3n) is 3.73. The minimum atomic E-state index is 0.250. The SMILES string of the molecule is CC1CCCC(CCNCCNC(C)(C)C)C1.